The molecule has 2 aromatic carbocycles. The lowest BCUT2D eigenvalue weighted by molar-refractivity contribution is 0.479. The first kappa shape index (κ1) is 24.5. The molecule has 0 atom stereocenters. The largest absolute Gasteiger partial charge is 0.294 e. The van der Waals surface area contributed by atoms with Gasteiger partial charge in [-0.2, -0.15) is 16.8 Å². The molecule has 0 heterocycles. The molecule has 0 amide bonds. The molecule has 0 spiro atoms. The molecule has 0 fully saturated rings. The number of rotatable bonds is 11. The van der Waals surface area contributed by atoms with Crippen molar-refractivity contribution < 1.29 is 25.9 Å². The Kier molecular flexibility index (Phi) is 8.61. The zero-order valence-electron chi connectivity index (χ0n) is 17.5. The molecule has 6 nitrogen and oxygen atoms in total. The lowest BCUT2D eigenvalue weighted by atomic mass is 10.0. The number of hydrogen-bond donors (Lipinski definition) is 2. The van der Waals surface area contributed by atoms with E-state index >= 15 is 0 Å². The number of hydrogen-bond acceptors (Lipinski definition) is 4. The van der Waals surface area contributed by atoms with Crippen LogP contribution < -0.4 is 0 Å². The van der Waals surface area contributed by atoms with Gasteiger partial charge in [-0.25, -0.2) is 0 Å². The van der Waals surface area contributed by atoms with Crippen molar-refractivity contribution in [2.75, 3.05) is 0 Å². The summed E-state index contributed by atoms with van der Waals surface area (Å²) in [5.74, 6) is 0. The third kappa shape index (κ3) is 7.50. The maximum absolute atomic E-state index is 11.5. The van der Waals surface area contributed by atoms with Gasteiger partial charge in [-0.1, -0.05) is 61.1 Å². The molecule has 0 aliphatic rings. The Morgan fingerprint density at radius 3 is 1.27 bits per heavy atom. The van der Waals surface area contributed by atoms with Gasteiger partial charge >= 0.3 is 0 Å². The van der Waals surface area contributed by atoms with Crippen LogP contribution in [-0.2, 0) is 33.1 Å². The fourth-order valence-corrected chi connectivity index (χ4v) is 5.11. The zero-order chi connectivity index (χ0) is 22.4. The van der Waals surface area contributed by atoms with E-state index in [0.29, 0.717) is 24.0 Å². The lowest BCUT2D eigenvalue weighted by Crippen LogP contribution is -2.04. The highest BCUT2D eigenvalue weighted by atomic mass is 32.2. The van der Waals surface area contributed by atoms with Crippen molar-refractivity contribution in [2.45, 2.75) is 75.0 Å². The van der Waals surface area contributed by atoms with Gasteiger partial charge in [0.1, 0.15) is 0 Å². The predicted octanol–water partition coefficient (Wildman–Crippen LogP) is 4.92. The average molecular weight is 455 g/mol. The van der Waals surface area contributed by atoms with Gasteiger partial charge in [-0.3, -0.25) is 9.11 Å². The van der Waals surface area contributed by atoms with Crippen LogP contribution >= 0.6 is 0 Å². The second kappa shape index (κ2) is 10.5. The van der Waals surface area contributed by atoms with Gasteiger partial charge in [0, 0.05) is 0 Å². The minimum absolute atomic E-state index is 0.0131. The smallest absolute Gasteiger partial charge is 0.282 e. The Morgan fingerprint density at radius 2 is 0.933 bits per heavy atom. The third-order valence-corrected chi connectivity index (χ3v) is 7.04. The maximum Gasteiger partial charge on any atom is 0.294 e. The molecule has 0 saturated carbocycles. The van der Waals surface area contributed by atoms with Gasteiger partial charge in [0.25, 0.3) is 20.2 Å². The van der Waals surface area contributed by atoms with Crippen LogP contribution in [0, 0.1) is 13.8 Å². The van der Waals surface area contributed by atoms with Crippen LogP contribution in [0.25, 0.3) is 0 Å². The summed E-state index contributed by atoms with van der Waals surface area (Å²) in [5.41, 5.74) is 3.21. The molecule has 0 saturated heterocycles. The van der Waals surface area contributed by atoms with Gasteiger partial charge in [0.05, 0.1) is 9.79 Å². The Morgan fingerprint density at radius 1 is 0.600 bits per heavy atom. The highest BCUT2D eigenvalue weighted by Crippen LogP contribution is 2.22. The van der Waals surface area contributed by atoms with Crippen molar-refractivity contribution in [3.8, 4) is 0 Å². The minimum Gasteiger partial charge on any atom is -0.282 e. The Labute approximate surface area is 179 Å². The normalized spacial score (nSPS) is 12.3. The second-order valence-electron chi connectivity index (χ2n) is 7.79. The summed E-state index contributed by atoms with van der Waals surface area (Å²) < 4.78 is 64.7. The van der Waals surface area contributed by atoms with E-state index in [9.17, 15) is 25.9 Å². The maximum atomic E-state index is 11.5. The summed E-state index contributed by atoms with van der Waals surface area (Å²) in [7, 11) is -8.42. The van der Waals surface area contributed by atoms with E-state index in [1.807, 2.05) is 13.8 Å². The van der Waals surface area contributed by atoms with Gasteiger partial charge in [0.2, 0.25) is 0 Å². The van der Waals surface area contributed by atoms with Crippen molar-refractivity contribution in [1.29, 1.82) is 0 Å². The molecular weight excluding hydrogens is 424 g/mol. The van der Waals surface area contributed by atoms with Crippen LogP contribution in [0.3, 0.4) is 0 Å². The topological polar surface area (TPSA) is 109 Å². The van der Waals surface area contributed by atoms with Crippen LogP contribution in [0.5, 0.6) is 0 Å². The van der Waals surface area contributed by atoms with Crippen molar-refractivity contribution in [2.24, 2.45) is 0 Å². The Hall–Kier alpha value is -1.74. The second-order valence-corrected chi connectivity index (χ2v) is 10.6. The first-order chi connectivity index (χ1) is 14.0. The van der Waals surface area contributed by atoms with Gasteiger partial charge in [0.15, 0.2) is 0 Å². The number of unbranched alkanes of at least 4 members (excludes halogenated alkanes) is 5. The van der Waals surface area contributed by atoms with Gasteiger partial charge in [-0.05, 0) is 62.8 Å². The van der Waals surface area contributed by atoms with Crippen molar-refractivity contribution >= 4 is 20.2 Å². The Balaban J connectivity index is 1.76. The van der Waals surface area contributed by atoms with Crippen LogP contribution in [-0.4, -0.2) is 25.9 Å². The summed E-state index contributed by atoms with van der Waals surface area (Å²) in [6.45, 7) is 3.78. The van der Waals surface area contributed by atoms with E-state index in [1.54, 1.807) is 24.3 Å². The van der Waals surface area contributed by atoms with E-state index in [2.05, 4.69) is 0 Å². The minimum atomic E-state index is -4.21. The molecule has 0 unspecified atom stereocenters. The van der Waals surface area contributed by atoms with Crippen molar-refractivity contribution in [3.63, 3.8) is 0 Å². The van der Waals surface area contributed by atoms with Gasteiger partial charge < -0.3 is 0 Å². The summed E-state index contributed by atoms with van der Waals surface area (Å²) in [6.07, 6.45) is 6.72. The van der Waals surface area contributed by atoms with Crippen molar-refractivity contribution in [1.82, 2.24) is 0 Å². The van der Waals surface area contributed by atoms with E-state index in [0.717, 1.165) is 49.7 Å². The van der Waals surface area contributed by atoms with Crippen LogP contribution in [0.1, 0.15) is 60.8 Å². The van der Waals surface area contributed by atoms with E-state index in [4.69, 9.17) is 0 Å². The molecule has 2 aromatic rings. The molecule has 0 bridgehead atoms. The highest BCUT2D eigenvalue weighted by Gasteiger charge is 2.16. The Bertz CT molecular complexity index is 985. The SMILES string of the molecule is Cc1ccc(S(=O)(=O)O)c(CCCCCCCCc2cc(C)ccc2S(=O)(=O)O)c1. The van der Waals surface area contributed by atoms with E-state index in [-0.39, 0.29) is 9.79 Å². The first-order valence-corrected chi connectivity index (χ1v) is 13.0. The summed E-state index contributed by atoms with van der Waals surface area (Å²) in [5, 5.41) is 0. The van der Waals surface area contributed by atoms with Crippen LogP contribution in [0.2, 0.25) is 0 Å². The quantitative estimate of drug-likeness (QED) is 0.368. The molecule has 0 radical (unpaired) electrons. The zero-order valence-corrected chi connectivity index (χ0v) is 19.1. The predicted molar refractivity (Wildman–Crippen MR) is 117 cm³/mol. The van der Waals surface area contributed by atoms with E-state index in [1.165, 1.54) is 12.1 Å². The number of benzene rings is 2. The molecule has 0 aliphatic carbocycles. The highest BCUT2D eigenvalue weighted by molar-refractivity contribution is 7.86. The third-order valence-electron chi connectivity index (χ3n) is 5.13. The van der Waals surface area contributed by atoms with E-state index < -0.39 is 20.2 Å². The van der Waals surface area contributed by atoms with Crippen LogP contribution in [0.15, 0.2) is 46.2 Å². The molecule has 166 valence electrons. The fourth-order valence-electron chi connectivity index (χ4n) is 3.65. The molecular formula is C22H30O6S2. The van der Waals surface area contributed by atoms with Crippen LogP contribution in [0.4, 0.5) is 0 Å². The standard InChI is InChI=1S/C22H30O6S2/c1-17-11-13-21(29(23,24)25)19(15-17)9-7-5-3-4-6-8-10-20-16-18(2)12-14-22(20)30(26,27)28/h11-16H,3-10H2,1-2H3,(H,23,24,25)(H,26,27,28). The number of aryl methyl sites for hydroxylation is 4. The van der Waals surface area contributed by atoms with Crippen molar-refractivity contribution in [3.05, 3.63) is 58.7 Å². The summed E-state index contributed by atoms with van der Waals surface area (Å²) in [4.78, 5) is -0.0261. The molecule has 8 heteroatoms. The average Bonchev–Trinajstić information content (AvgIpc) is 2.62. The summed E-state index contributed by atoms with van der Waals surface area (Å²) >= 11 is 0. The van der Waals surface area contributed by atoms with Gasteiger partial charge in [-0.15, -0.1) is 0 Å². The lowest BCUT2D eigenvalue weighted by Gasteiger charge is -2.09. The molecule has 30 heavy (non-hydrogen) atoms. The monoisotopic (exact) mass is 454 g/mol. The summed E-state index contributed by atoms with van der Waals surface area (Å²) in [6, 6.07) is 9.86. The molecule has 2 N–H and O–H groups in total. The fraction of sp³-hybridized carbons (Fsp3) is 0.455. The molecule has 0 aromatic heterocycles. The first-order valence-electron chi connectivity index (χ1n) is 10.1. The molecule has 0 aliphatic heterocycles. The molecule has 2 rings (SSSR count).